The number of nitrogens with zero attached hydrogens (tertiary/aromatic N) is 5. The molecule has 3 aromatic rings. The first kappa shape index (κ1) is 27.4. The Kier molecular flexibility index (Phi) is 8.17. The van der Waals surface area contributed by atoms with Gasteiger partial charge in [-0.1, -0.05) is 23.7 Å². The number of amides is 2. The van der Waals surface area contributed by atoms with Crippen LogP contribution in [0.1, 0.15) is 29.9 Å². The molecule has 2 aliphatic rings. The number of ether oxygens (including phenoxy) is 1. The van der Waals surface area contributed by atoms with Crippen LogP contribution in [-0.4, -0.2) is 66.1 Å². The number of aromatic nitrogens is 1. The number of benzene rings is 2. The number of anilines is 1. The van der Waals surface area contributed by atoms with E-state index in [4.69, 9.17) is 21.6 Å². The Labute approximate surface area is 237 Å². The summed E-state index contributed by atoms with van der Waals surface area (Å²) in [5.41, 5.74) is 1.49. The molecule has 2 aromatic carbocycles. The lowest BCUT2D eigenvalue weighted by atomic mass is 9.93. The Morgan fingerprint density at radius 3 is 2.38 bits per heavy atom. The first-order valence-electron chi connectivity index (χ1n) is 13.2. The number of pyridine rings is 1. The maximum absolute atomic E-state index is 13.7. The number of hydrogen-bond donors (Lipinski definition) is 0. The molecule has 0 saturated carbocycles. The molecule has 8 nitrogen and oxygen atoms in total. The van der Waals surface area contributed by atoms with E-state index in [1.54, 1.807) is 19.3 Å². The van der Waals surface area contributed by atoms with Crippen LogP contribution in [0.3, 0.4) is 0 Å². The van der Waals surface area contributed by atoms with Crippen LogP contribution in [0.5, 0.6) is 5.75 Å². The minimum absolute atomic E-state index is 0.0780. The summed E-state index contributed by atoms with van der Waals surface area (Å²) in [5, 5.41) is 9.62. The van der Waals surface area contributed by atoms with Crippen LogP contribution in [0.2, 0.25) is 5.02 Å². The molecule has 2 amide bonds. The van der Waals surface area contributed by atoms with Gasteiger partial charge in [-0.25, -0.2) is 14.2 Å². The Balaban J connectivity index is 1.27. The lowest BCUT2D eigenvalue weighted by Crippen LogP contribution is -2.45. The second-order valence-electron chi connectivity index (χ2n) is 10.2. The van der Waals surface area contributed by atoms with Gasteiger partial charge in [0.05, 0.1) is 11.6 Å². The van der Waals surface area contributed by atoms with E-state index < -0.39 is 11.9 Å². The fourth-order valence-electron chi connectivity index (χ4n) is 5.46. The fraction of sp³-hybridized carbons (Fsp3) is 0.333. The molecule has 0 N–H and O–H groups in total. The third-order valence-corrected chi connectivity index (χ3v) is 8.00. The van der Waals surface area contributed by atoms with E-state index in [1.165, 1.54) is 29.2 Å². The van der Waals surface area contributed by atoms with E-state index >= 15 is 0 Å². The normalized spacial score (nSPS) is 19.2. The van der Waals surface area contributed by atoms with Crippen molar-refractivity contribution in [2.45, 2.75) is 24.8 Å². The van der Waals surface area contributed by atoms with E-state index in [2.05, 4.69) is 16.0 Å². The Morgan fingerprint density at radius 1 is 1.05 bits per heavy atom. The van der Waals surface area contributed by atoms with Gasteiger partial charge in [-0.05, 0) is 66.9 Å². The minimum Gasteiger partial charge on any atom is -0.410 e. The van der Waals surface area contributed by atoms with Crippen LogP contribution in [0.4, 0.5) is 15.0 Å². The first-order chi connectivity index (χ1) is 19.3. The summed E-state index contributed by atoms with van der Waals surface area (Å²) >= 11 is 6.12. The van der Waals surface area contributed by atoms with E-state index in [0.717, 1.165) is 11.4 Å². The molecule has 0 aliphatic carbocycles. The smallest absolute Gasteiger partial charge is 0.410 e. The van der Waals surface area contributed by atoms with Crippen molar-refractivity contribution in [1.82, 2.24) is 14.8 Å². The number of carbonyl (C=O) groups is 2. The monoisotopic (exact) mass is 561 g/mol. The molecule has 3 heterocycles. The summed E-state index contributed by atoms with van der Waals surface area (Å²) in [5.74, 6) is 0.450. The zero-order valence-corrected chi connectivity index (χ0v) is 22.8. The van der Waals surface area contributed by atoms with Crippen LogP contribution in [0.15, 0.2) is 66.9 Å². The molecule has 2 aliphatic heterocycles. The summed E-state index contributed by atoms with van der Waals surface area (Å²) in [6.07, 6.45) is 2.37. The van der Waals surface area contributed by atoms with E-state index in [9.17, 15) is 14.0 Å². The van der Waals surface area contributed by atoms with Crippen molar-refractivity contribution in [3.8, 4) is 11.8 Å². The predicted molar refractivity (Wildman–Crippen MR) is 149 cm³/mol. The van der Waals surface area contributed by atoms with Gasteiger partial charge in [-0.3, -0.25) is 4.79 Å². The van der Waals surface area contributed by atoms with Crippen molar-refractivity contribution in [2.24, 2.45) is 5.92 Å². The maximum Gasteiger partial charge on any atom is 0.415 e. The standard InChI is InChI=1S/C30H29ClFN5O3/c1-35(30(39)40-25-9-7-24(32)8-10-25)27-19-37(18-26(27)21-3-5-23(31)6-4-21)29(38)22-12-14-36(15-13-22)28-11-2-20(16-33)17-34-28/h2-11,17,22,26-27H,12-15,18-19H2,1H3/t26-,27+/m1/s1. The van der Waals surface area contributed by atoms with Crippen molar-refractivity contribution in [1.29, 1.82) is 5.26 Å². The zero-order chi connectivity index (χ0) is 28.2. The van der Waals surface area contributed by atoms with Gasteiger partial charge in [-0.2, -0.15) is 5.26 Å². The molecule has 5 rings (SSSR count). The van der Waals surface area contributed by atoms with Crippen molar-refractivity contribution in [3.05, 3.63) is 88.8 Å². The van der Waals surface area contributed by atoms with Crippen molar-refractivity contribution >= 4 is 29.4 Å². The Bertz CT molecular complexity index is 1390. The second kappa shape index (κ2) is 11.9. The van der Waals surface area contributed by atoms with E-state index in [0.29, 0.717) is 49.6 Å². The number of likely N-dealkylation sites (tertiary alicyclic amines) is 1. The molecular formula is C30H29ClFN5O3. The first-order valence-corrected chi connectivity index (χ1v) is 13.6. The summed E-state index contributed by atoms with van der Waals surface area (Å²) in [7, 11) is 1.66. The zero-order valence-electron chi connectivity index (χ0n) is 22.0. The molecule has 206 valence electrons. The minimum atomic E-state index is -0.576. The highest BCUT2D eigenvalue weighted by molar-refractivity contribution is 6.30. The highest BCUT2D eigenvalue weighted by Gasteiger charge is 2.42. The molecule has 40 heavy (non-hydrogen) atoms. The molecule has 2 atom stereocenters. The molecular weight excluding hydrogens is 533 g/mol. The van der Waals surface area contributed by atoms with Gasteiger partial charge in [0.15, 0.2) is 0 Å². The fourth-order valence-corrected chi connectivity index (χ4v) is 5.59. The number of carbonyl (C=O) groups excluding carboxylic acids is 2. The SMILES string of the molecule is CN(C(=O)Oc1ccc(F)cc1)[C@H]1CN(C(=O)C2CCN(c3ccc(C#N)cn3)CC2)C[C@@H]1c1ccc(Cl)cc1. The summed E-state index contributed by atoms with van der Waals surface area (Å²) in [4.78, 5) is 36.6. The highest BCUT2D eigenvalue weighted by Crippen LogP contribution is 2.34. The van der Waals surface area contributed by atoms with Crippen LogP contribution in [-0.2, 0) is 4.79 Å². The van der Waals surface area contributed by atoms with Gasteiger partial charge in [-0.15, -0.1) is 0 Å². The van der Waals surface area contributed by atoms with Gasteiger partial charge in [0, 0.05) is 56.3 Å². The van der Waals surface area contributed by atoms with Crippen molar-refractivity contribution < 1.29 is 18.7 Å². The van der Waals surface area contributed by atoms with E-state index in [1.807, 2.05) is 35.2 Å². The van der Waals surface area contributed by atoms with Gasteiger partial charge < -0.3 is 19.4 Å². The van der Waals surface area contributed by atoms with Gasteiger partial charge in [0.1, 0.15) is 23.5 Å². The number of halogens is 2. The van der Waals surface area contributed by atoms with Crippen LogP contribution in [0, 0.1) is 23.1 Å². The van der Waals surface area contributed by atoms with Crippen molar-refractivity contribution in [3.63, 3.8) is 0 Å². The average Bonchev–Trinajstić information content (AvgIpc) is 3.43. The molecule has 1 aromatic heterocycles. The van der Waals surface area contributed by atoms with E-state index in [-0.39, 0.29) is 29.5 Å². The highest BCUT2D eigenvalue weighted by atomic mass is 35.5. The molecule has 2 fully saturated rings. The molecule has 0 spiro atoms. The van der Waals surface area contributed by atoms with Gasteiger partial charge in [0.2, 0.25) is 5.91 Å². The van der Waals surface area contributed by atoms with Crippen LogP contribution < -0.4 is 9.64 Å². The number of nitriles is 1. The maximum atomic E-state index is 13.7. The summed E-state index contributed by atoms with van der Waals surface area (Å²) in [6, 6.07) is 18.1. The molecule has 0 unspecified atom stereocenters. The number of piperidine rings is 1. The summed E-state index contributed by atoms with van der Waals surface area (Å²) in [6.45, 7) is 2.23. The third-order valence-electron chi connectivity index (χ3n) is 7.75. The molecule has 10 heteroatoms. The largest absolute Gasteiger partial charge is 0.415 e. The molecule has 0 bridgehead atoms. The van der Waals surface area contributed by atoms with Gasteiger partial charge >= 0.3 is 6.09 Å². The average molecular weight is 562 g/mol. The summed E-state index contributed by atoms with van der Waals surface area (Å²) < 4.78 is 18.8. The number of likely N-dealkylation sites (N-methyl/N-ethyl adjacent to an activating group) is 1. The van der Waals surface area contributed by atoms with Crippen LogP contribution in [0.25, 0.3) is 0 Å². The Hall–Kier alpha value is -4.16. The van der Waals surface area contributed by atoms with Crippen LogP contribution >= 0.6 is 11.6 Å². The lowest BCUT2D eigenvalue weighted by molar-refractivity contribution is -0.135. The topological polar surface area (TPSA) is 89.8 Å². The Morgan fingerprint density at radius 2 is 1.75 bits per heavy atom. The third kappa shape index (κ3) is 6.02. The predicted octanol–water partition coefficient (Wildman–Crippen LogP) is 5.09. The second-order valence-corrected chi connectivity index (χ2v) is 10.6. The van der Waals surface area contributed by atoms with Crippen molar-refractivity contribution in [2.75, 3.05) is 38.1 Å². The number of rotatable bonds is 5. The quantitative estimate of drug-likeness (QED) is 0.431. The molecule has 0 radical (unpaired) electrons. The molecule has 2 saturated heterocycles. The lowest BCUT2D eigenvalue weighted by Gasteiger charge is -2.34. The number of hydrogen-bond acceptors (Lipinski definition) is 6. The van der Waals surface area contributed by atoms with Gasteiger partial charge in [0.25, 0.3) is 0 Å².